The topological polar surface area (TPSA) is 31.4 Å². The first kappa shape index (κ1) is 6.46. The van der Waals surface area contributed by atoms with Crippen molar-refractivity contribution in [1.29, 1.82) is 0 Å². The van der Waals surface area contributed by atoms with Gasteiger partial charge in [-0.1, -0.05) is 6.92 Å². The third-order valence-corrected chi connectivity index (χ3v) is 1.68. The maximum atomic E-state index is 5.18. The Hall–Kier alpha value is -1.25. The van der Waals surface area contributed by atoms with Crippen molar-refractivity contribution in [1.82, 2.24) is 4.98 Å². The van der Waals surface area contributed by atoms with E-state index in [-0.39, 0.29) is 0 Å². The molecule has 0 atom stereocenters. The van der Waals surface area contributed by atoms with Gasteiger partial charge in [-0.2, -0.15) is 0 Å². The van der Waals surface area contributed by atoms with Crippen molar-refractivity contribution in [3.05, 3.63) is 18.0 Å². The summed E-state index contributed by atoms with van der Waals surface area (Å²) in [4.78, 5) is 4.16. The third kappa shape index (κ3) is 1.02. The first-order valence-electron chi connectivity index (χ1n) is 3.64. The van der Waals surface area contributed by atoms with Crippen molar-refractivity contribution in [2.75, 3.05) is 6.79 Å². The average molecular weight is 151 g/mol. The zero-order valence-corrected chi connectivity index (χ0v) is 6.33. The van der Waals surface area contributed by atoms with Gasteiger partial charge in [0.05, 0.1) is 6.20 Å². The minimum absolute atomic E-state index is 0.324. The number of nitrogens with zero attached hydrogens (tertiary/aromatic N) is 1. The predicted molar refractivity (Wildman–Crippen MR) is 39.7 cm³/mol. The monoisotopic (exact) mass is 151 g/mol. The molecule has 1 aliphatic rings. The van der Waals surface area contributed by atoms with Gasteiger partial charge in [-0.15, -0.1) is 0 Å². The quantitative estimate of drug-likeness (QED) is 0.607. The van der Waals surface area contributed by atoms with Crippen LogP contribution in [0.1, 0.15) is 12.6 Å². The fourth-order valence-electron chi connectivity index (χ4n) is 1.04. The Balaban J connectivity index is 2.41. The standard InChI is InChI=1S/C8H9NO2/c1-2-6-3-7-8(4-9-6)11-5-10-7/h3-4H,2,5H2,1H3. The molecule has 0 amide bonds. The molecule has 0 unspecified atom stereocenters. The van der Waals surface area contributed by atoms with E-state index in [9.17, 15) is 0 Å². The number of hydrogen-bond donors (Lipinski definition) is 0. The fourth-order valence-corrected chi connectivity index (χ4v) is 1.04. The highest BCUT2D eigenvalue weighted by Crippen LogP contribution is 2.30. The highest BCUT2D eigenvalue weighted by atomic mass is 16.7. The Morgan fingerprint density at radius 2 is 2.27 bits per heavy atom. The molecule has 0 saturated heterocycles. The average Bonchev–Trinajstić information content (AvgIpc) is 2.50. The number of aryl methyl sites for hydroxylation is 1. The molecule has 0 spiro atoms. The molecule has 1 aliphatic heterocycles. The molecule has 2 heterocycles. The summed E-state index contributed by atoms with van der Waals surface area (Å²) in [6.45, 7) is 2.38. The summed E-state index contributed by atoms with van der Waals surface area (Å²) in [6, 6.07) is 1.92. The molecular formula is C8H9NO2. The molecule has 1 aromatic heterocycles. The maximum absolute atomic E-state index is 5.18. The second kappa shape index (κ2) is 2.42. The van der Waals surface area contributed by atoms with Gasteiger partial charge >= 0.3 is 0 Å². The maximum Gasteiger partial charge on any atom is 0.231 e. The summed E-state index contributed by atoms with van der Waals surface area (Å²) in [5, 5.41) is 0. The van der Waals surface area contributed by atoms with Gasteiger partial charge in [0, 0.05) is 11.8 Å². The van der Waals surface area contributed by atoms with Gasteiger partial charge in [0.2, 0.25) is 6.79 Å². The first-order chi connectivity index (χ1) is 5.40. The van der Waals surface area contributed by atoms with Gasteiger partial charge in [0.1, 0.15) is 0 Å². The van der Waals surface area contributed by atoms with Gasteiger partial charge in [0.25, 0.3) is 0 Å². The smallest absolute Gasteiger partial charge is 0.231 e. The van der Waals surface area contributed by atoms with Crippen LogP contribution in [0.4, 0.5) is 0 Å². The Labute approximate surface area is 65.0 Å². The molecule has 0 N–H and O–H groups in total. The lowest BCUT2D eigenvalue weighted by molar-refractivity contribution is 0.174. The summed E-state index contributed by atoms with van der Waals surface area (Å²) in [6.07, 6.45) is 2.64. The van der Waals surface area contributed by atoms with Crippen LogP contribution in [0.2, 0.25) is 0 Å². The highest BCUT2D eigenvalue weighted by Gasteiger charge is 2.13. The first-order valence-corrected chi connectivity index (χ1v) is 3.64. The van der Waals surface area contributed by atoms with Crippen LogP contribution in [0.15, 0.2) is 12.3 Å². The minimum atomic E-state index is 0.324. The van der Waals surface area contributed by atoms with Crippen LogP contribution in [0.25, 0.3) is 0 Å². The SMILES string of the molecule is CCc1cc2c(cn1)OCO2. The number of fused-ring (bicyclic) bond motifs is 1. The number of ether oxygens (including phenoxy) is 2. The predicted octanol–water partition coefficient (Wildman–Crippen LogP) is 1.37. The molecule has 0 fully saturated rings. The fraction of sp³-hybridized carbons (Fsp3) is 0.375. The summed E-state index contributed by atoms with van der Waals surface area (Å²) in [5.74, 6) is 1.57. The van der Waals surface area contributed by atoms with E-state index < -0.39 is 0 Å². The molecule has 0 radical (unpaired) electrons. The molecule has 0 aliphatic carbocycles. The van der Waals surface area contributed by atoms with E-state index >= 15 is 0 Å². The van der Waals surface area contributed by atoms with E-state index in [2.05, 4.69) is 11.9 Å². The van der Waals surface area contributed by atoms with E-state index in [4.69, 9.17) is 9.47 Å². The van der Waals surface area contributed by atoms with Crippen LogP contribution >= 0.6 is 0 Å². The van der Waals surface area contributed by atoms with Crippen LogP contribution in [-0.2, 0) is 6.42 Å². The van der Waals surface area contributed by atoms with Crippen LogP contribution in [0, 0.1) is 0 Å². The van der Waals surface area contributed by atoms with Crippen molar-refractivity contribution < 1.29 is 9.47 Å². The largest absolute Gasteiger partial charge is 0.453 e. The van der Waals surface area contributed by atoms with Gasteiger partial charge in [-0.25, -0.2) is 0 Å². The Bertz CT molecular complexity index is 273. The Morgan fingerprint density at radius 1 is 1.45 bits per heavy atom. The lowest BCUT2D eigenvalue weighted by Gasteiger charge is -1.96. The molecule has 58 valence electrons. The third-order valence-electron chi connectivity index (χ3n) is 1.68. The highest BCUT2D eigenvalue weighted by molar-refractivity contribution is 5.40. The zero-order chi connectivity index (χ0) is 7.68. The van der Waals surface area contributed by atoms with Gasteiger partial charge < -0.3 is 9.47 Å². The zero-order valence-electron chi connectivity index (χ0n) is 6.33. The van der Waals surface area contributed by atoms with E-state index in [0.717, 1.165) is 23.6 Å². The molecule has 1 aromatic rings. The van der Waals surface area contributed by atoms with Crippen LogP contribution in [0.3, 0.4) is 0 Å². The summed E-state index contributed by atoms with van der Waals surface area (Å²) < 4.78 is 10.3. The lowest BCUT2D eigenvalue weighted by Crippen LogP contribution is -1.92. The van der Waals surface area contributed by atoms with Crippen LogP contribution < -0.4 is 9.47 Å². The molecule has 3 nitrogen and oxygen atoms in total. The Kier molecular flexibility index (Phi) is 1.42. The second-order valence-electron chi connectivity index (χ2n) is 2.38. The number of rotatable bonds is 1. The van der Waals surface area contributed by atoms with Crippen molar-refractivity contribution in [2.45, 2.75) is 13.3 Å². The van der Waals surface area contributed by atoms with Crippen LogP contribution in [-0.4, -0.2) is 11.8 Å². The number of pyridine rings is 1. The van der Waals surface area contributed by atoms with Gasteiger partial charge in [-0.3, -0.25) is 4.98 Å². The second-order valence-corrected chi connectivity index (χ2v) is 2.38. The van der Waals surface area contributed by atoms with E-state index in [1.165, 1.54) is 0 Å². The van der Waals surface area contributed by atoms with E-state index in [1.54, 1.807) is 6.20 Å². The lowest BCUT2D eigenvalue weighted by atomic mass is 10.3. The summed E-state index contributed by atoms with van der Waals surface area (Å²) in [7, 11) is 0. The van der Waals surface area contributed by atoms with Crippen molar-refractivity contribution in [3.8, 4) is 11.5 Å². The van der Waals surface area contributed by atoms with E-state index in [1.807, 2.05) is 6.07 Å². The van der Waals surface area contributed by atoms with Crippen LogP contribution in [0.5, 0.6) is 11.5 Å². The normalized spacial score (nSPS) is 13.5. The molecule has 0 saturated carbocycles. The molecule has 2 rings (SSSR count). The van der Waals surface area contributed by atoms with E-state index in [0.29, 0.717) is 6.79 Å². The van der Waals surface area contributed by atoms with Crippen molar-refractivity contribution in [3.63, 3.8) is 0 Å². The van der Waals surface area contributed by atoms with Gasteiger partial charge in [-0.05, 0) is 6.42 Å². The number of hydrogen-bond acceptors (Lipinski definition) is 3. The molecule has 3 heteroatoms. The Morgan fingerprint density at radius 3 is 3.09 bits per heavy atom. The van der Waals surface area contributed by atoms with Gasteiger partial charge in [0.15, 0.2) is 11.5 Å². The molecule has 11 heavy (non-hydrogen) atoms. The number of aromatic nitrogens is 1. The summed E-state index contributed by atoms with van der Waals surface area (Å²) in [5.41, 5.74) is 1.04. The van der Waals surface area contributed by atoms with Crippen molar-refractivity contribution >= 4 is 0 Å². The molecular weight excluding hydrogens is 142 g/mol. The molecule has 0 aromatic carbocycles. The minimum Gasteiger partial charge on any atom is -0.453 e. The summed E-state index contributed by atoms with van der Waals surface area (Å²) >= 11 is 0. The van der Waals surface area contributed by atoms with Crippen molar-refractivity contribution in [2.24, 2.45) is 0 Å². The molecule has 0 bridgehead atoms.